The third kappa shape index (κ3) is 2.53. The standard InChI is InChI=1S/C14H17N3S/c18-14-15-13(16-17-14)6-1-3-10-7-8-11-4-2-5-12(11)9-10/h7-9H,1-6H2,(H2,15,16,17,18). The molecule has 0 unspecified atom stereocenters. The maximum Gasteiger partial charge on any atom is 0.213 e. The van der Waals surface area contributed by atoms with Gasteiger partial charge in [0.25, 0.3) is 0 Å². The number of hydrogen-bond acceptors (Lipinski definition) is 2. The predicted octanol–water partition coefficient (Wildman–Crippen LogP) is 3.13. The van der Waals surface area contributed by atoms with Crippen LogP contribution >= 0.6 is 12.2 Å². The van der Waals surface area contributed by atoms with Crippen LogP contribution in [0.25, 0.3) is 0 Å². The van der Waals surface area contributed by atoms with Crippen molar-refractivity contribution < 1.29 is 0 Å². The Hall–Kier alpha value is -1.42. The summed E-state index contributed by atoms with van der Waals surface area (Å²) in [5.74, 6) is 0.959. The van der Waals surface area contributed by atoms with Crippen LogP contribution in [0, 0.1) is 4.77 Å². The average molecular weight is 259 g/mol. The fraction of sp³-hybridized carbons (Fsp3) is 0.429. The number of aromatic nitrogens is 3. The number of H-pyrrole nitrogens is 2. The molecule has 2 N–H and O–H groups in total. The second kappa shape index (κ2) is 5.06. The van der Waals surface area contributed by atoms with Crippen molar-refractivity contribution in [2.24, 2.45) is 0 Å². The van der Waals surface area contributed by atoms with Gasteiger partial charge in [-0.15, -0.1) is 0 Å². The maximum atomic E-state index is 4.93. The van der Waals surface area contributed by atoms with Crippen LogP contribution in [0.2, 0.25) is 0 Å². The molecule has 0 saturated heterocycles. The first kappa shape index (κ1) is 11.7. The molecule has 0 aliphatic heterocycles. The van der Waals surface area contributed by atoms with E-state index in [1.807, 2.05) is 0 Å². The predicted molar refractivity (Wildman–Crippen MR) is 74.3 cm³/mol. The first-order valence-electron chi connectivity index (χ1n) is 6.55. The molecule has 0 spiro atoms. The van der Waals surface area contributed by atoms with Crippen molar-refractivity contribution in [3.63, 3.8) is 0 Å². The molecule has 3 nitrogen and oxygen atoms in total. The molecule has 1 aliphatic carbocycles. The van der Waals surface area contributed by atoms with Crippen LogP contribution in [-0.2, 0) is 25.7 Å². The van der Waals surface area contributed by atoms with E-state index in [9.17, 15) is 0 Å². The topological polar surface area (TPSA) is 44.5 Å². The minimum absolute atomic E-state index is 0.544. The molecule has 3 rings (SSSR count). The second-order valence-electron chi connectivity index (χ2n) is 4.92. The Morgan fingerprint density at radius 2 is 2.00 bits per heavy atom. The summed E-state index contributed by atoms with van der Waals surface area (Å²) in [5, 5.41) is 5.82. The highest BCUT2D eigenvalue weighted by molar-refractivity contribution is 7.71. The fourth-order valence-electron chi connectivity index (χ4n) is 2.66. The van der Waals surface area contributed by atoms with E-state index in [4.69, 9.17) is 12.2 Å². The Morgan fingerprint density at radius 3 is 2.83 bits per heavy atom. The molecule has 4 heteroatoms. The summed E-state index contributed by atoms with van der Waals surface area (Å²) in [7, 11) is 0. The number of nitrogens with zero attached hydrogens (tertiary/aromatic N) is 1. The Bertz CT molecular complexity index is 597. The number of hydrogen-bond donors (Lipinski definition) is 2. The number of nitrogens with one attached hydrogen (secondary N) is 2. The smallest absolute Gasteiger partial charge is 0.213 e. The first-order chi connectivity index (χ1) is 8.81. The minimum atomic E-state index is 0.544. The van der Waals surface area contributed by atoms with Crippen LogP contribution in [-0.4, -0.2) is 15.2 Å². The summed E-state index contributed by atoms with van der Waals surface area (Å²) in [6.45, 7) is 0. The van der Waals surface area contributed by atoms with E-state index >= 15 is 0 Å². The molecule has 0 bridgehead atoms. The van der Waals surface area contributed by atoms with Gasteiger partial charge in [-0.2, -0.15) is 0 Å². The monoisotopic (exact) mass is 259 g/mol. The van der Waals surface area contributed by atoms with Crippen molar-refractivity contribution >= 4 is 12.2 Å². The summed E-state index contributed by atoms with van der Waals surface area (Å²) < 4.78 is 0.544. The zero-order valence-corrected chi connectivity index (χ0v) is 11.1. The van der Waals surface area contributed by atoms with Gasteiger partial charge >= 0.3 is 0 Å². The molecular weight excluding hydrogens is 242 g/mol. The molecule has 1 aliphatic rings. The van der Waals surface area contributed by atoms with Crippen LogP contribution in [0.15, 0.2) is 18.2 Å². The van der Waals surface area contributed by atoms with E-state index in [-0.39, 0.29) is 0 Å². The molecule has 1 aromatic carbocycles. The molecule has 0 fully saturated rings. The highest BCUT2D eigenvalue weighted by Crippen LogP contribution is 2.23. The minimum Gasteiger partial charge on any atom is -0.286 e. The van der Waals surface area contributed by atoms with E-state index in [0.29, 0.717) is 4.77 Å². The van der Waals surface area contributed by atoms with Crippen molar-refractivity contribution in [2.45, 2.75) is 38.5 Å². The van der Waals surface area contributed by atoms with Gasteiger partial charge in [0.05, 0.1) is 0 Å². The lowest BCUT2D eigenvalue weighted by molar-refractivity contribution is 0.774. The molecule has 2 aromatic rings. The lowest BCUT2D eigenvalue weighted by atomic mass is 10.0. The van der Waals surface area contributed by atoms with E-state index in [1.165, 1.54) is 24.8 Å². The van der Waals surface area contributed by atoms with Crippen molar-refractivity contribution in [1.82, 2.24) is 15.2 Å². The zero-order chi connectivity index (χ0) is 12.4. The Labute approximate surface area is 112 Å². The SMILES string of the molecule is S=c1nc(CCCc2ccc3c(c2)CCC3)[nH][nH]1. The van der Waals surface area contributed by atoms with E-state index in [0.717, 1.165) is 25.1 Å². The van der Waals surface area contributed by atoms with Crippen LogP contribution in [0.3, 0.4) is 0 Å². The molecule has 0 saturated carbocycles. The van der Waals surface area contributed by atoms with E-state index < -0.39 is 0 Å². The third-order valence-corrected chi connectivity index (χ3v) is 3.79. The van der Waals surface area contributed by atoms with E-state index in [2.05, 4.69) is 33.4 Å². The van der Waals surface area contributed by atoms with Crippen LogP contribution in [0.4, 0.5) is 0 Å². The lowest BCUT2D eigenvalue weighted by Gasteiger charge is -2.04. The van der Waals surface area contributed by atoms with Crippen molar-refractivity contribution in [1.29, 1.82) is 0 Å². The Balaban J connectivity index is 1.58. The number of rotatable bonds is 4. The van der Waals surface area contributed by atoms with Gasteiger partial charge in [-0.1, -0.05) is 18.2 Å². The highest BCUT2D eigenvalue weighted by atomic mass is 32.1. The summed E-state index contributed by atoms with van der Waals surface area (Å²) in [6, 6.07) is 6.96. The number of aromatic amines is 2. The van der Waals surface area contributed by atoms with Crippen molar-refractivity contribution in [2.75, 3.05) is 0 Å². The van der Waals surface area contributed by atoms with E-state index in [1.54, 1.807) is 11.1 Å². The van der Waals surface area contributed by atoms with Gasteiger partial charge in [-0.05, 0) is 61.0 Å². The number of fused-ring (bicyclic) bond motifs is 1. The first-order valence-corrected chi connectivity index (χ1v) is 6.96. The summed E-state index contributed by atoms with van der Waals surface area (Å²) in [5.41, 5.74) is 4.56. The molecule has 18 heavy (non-hydrogen) atoms. The van der Waals surface area contributed by atoms with Gasteiger partial charge in [0.1, 0.15) is 5.82 Å². The highest BCUT2D eigenvalue weighted by Gasteiger charge is 2.10. The largest absolute Gasteiger partial charge is 0.286 e. The van der Waals surface area contributed by atoms with Crippen molar-refractivity contribution in [3.8, 4) is 0 Å². The third-order valence-electron chi connectivity index (χ3n) is 3.59. The molecule has 0 atom stereocenters. The Morgan fingerprint density at radius 1 is 1.11 bits per heavy atom. The van der Waals surface area contributed by atoms with Gasteiger partial charge in [-0.3, -0.25) is 10.2 Å². The van der Waals surface area contributed by atoms with Gasteiger partial charge in [0.15, 0.2) is 0 Å². The van der Waals surface area contributed by atoms with Crippen LogP contribution in [0.1, 0.15) is 35.4 Å². The normalized spacial score (nSPS) is 13.8. The summed E-state index contributed by atoms with van der Waals surface area (Å²) in [4.78, 5) is 4.20. The Kier molecular flexibility index (Phi) is 3.28. The van der Waals surface area contributed by atoms with Gasteiger partial charge < -0.3 is 0 Å². The molecular formula is C14H17N3S. The lowest BCUT2D eigenvalue weighted by Crippen LogP contribution is -1.93. The van der Waals surface area contributed by atoms with Gasteiger partial charge in [-0.25, -0.2) is 4.98 Å². The van der Waals surface area contributed by atoms with Crippen LogP contribution in [0.5, 0.6) is 0 Å². The maximum absolute atomic E-state index is 4.93. The zero-order valence-electron chi connectivity index (χ0n) is 10.3. The molecule has 0 amide bonds. The van der Waals surface area contributed by atoms with Crippen molar-refractivity contribution in [3.05, 3.63) is 45.5 Å². The molecule has 1 heterocycles. The fourth-order valence-corrected chi connectivity index (χ4v) is 2.82. The molecule has 0 radical (unpaired) electrons. The quantitative estimate of drug-likeness (QED) is 0.829. The van der Waals surface area contributed by atoms with Gasteiger partial charge in [0.2, 0.25) is 4.77 Å². The summed E-state index contributed by atoms with van der Waals surface area (Å²) in [6.07, 6.45) is 7.01. The second-order valence-corrected chi connectivity index (χ2v) is 5.31. The number of benzene rings is 1. The van der Waals surface area contributed by atoms with Gasteiger partial charge in [0, 0.05) is 6.42 Å². The number of aryl methyl sites for hydroxylation is 4. The average Bonchev–Trinajstić information content (AvgIpc) is 2.97. The molecule has 1 aromatic heterocycles. The summed E-state index contributed by atoms with van der Waals surface area (Å²) >= 11 is 4.93. The molecule has 94 valence electrons. The van der Waals surface area contributed by atoms with Crippen LogP contribution < -0.4 is 0 Å².